The lowest BCUT2D eigenvalue weighted by Crippen LogP contribution is -2.05. The molecule has 0 spiro atoms. The molecular formula is C22H20N2O2S. The number of hydrogen-bond acceptors (Lipinski definition) is 4. The monoisotopic (exact) mass is 376 g/mol. The molecule has 2 heterocycles. The van der Waals surface area contributed by atoms with Crippen molar-refractivity contribution in [2.45, 2.75) is 26.9 Å². The van der Waals surface area contributed by atoms with Gasteiger partial charge in [0, 0.05) is 10.9 Å². The van der Waals surface area contributed by atoms with E-state index in [1.807, 2.05) is 79.1 Å². The summed E-state index contributed by atoms with van der Waals surface area (Å²) in [7, 11) is 0. The summed E-state index contributed by atoms with van der Waals surface area (Å²) in [6.45, 7) is 6.05. The van der Waals surface area contributed by atoms with Gasteiger partial charge in [0.1, 0.15) is 17.1 Å². The number of hydrogen-bond donors (Lipinski definition) is 0. The first-order valence-corrected chi connectivity index (χ1v) is 9.74. The molecule has 27 heavy (non-hydrogen) atoms. The van der Waals surface area contributed by atoms with Gasteiger partial charge in [-0.15, -0.1) is 11.3 Å². The maximum atomic E-state index is 11.9. The van der Waals surface area contributed by atoms with Gasteiger partial charge in [-0.2, -0.15) is 0 Å². The number of benzene rings is 2. The van der Waals surface area contributed by atoms with Crippen LogP contribution in [-0.4, -0.2) is 21.8 Å². The second-order valence-corrected chi connectivity index (χ2v) is 7.60. The van der Waals surface area contributed by atoms with E-state index in [1.165, 1.54) is 16.9 Å². The number of carbonyl (C=O) groups excluding carboxylic acids is 1. The van der Waals surface area contributed by atoms with Crippen molar-refractivity contribution in [3.05, 3.63) is 65.2 Å². The van der Waals surface area contributed by atoms with E-state index in [0.717, 1.165) is 39.5 Å². The van der Waals surface area contributed by atoms with Crippen molar-refractivity contribution in [1.29, 1.82) is 0 Å². The van der Waals surface area contributed by atoms with Gasteiger partial charge >= 0.3 is 0 Å². The zero-order chi connectivity index (χ0) is 19.0. The zero-order valence-corrected chi connectivity index (χ0v) is 16.3. The Hall–Kier alpha value is -2.92. The fourth-order valence-electron chi connectivity index (χ4n) is 3.09. The third kappa shape index (κ3) is 3.26. The summed E-state index contributed by atoms with van der Waals surface area (Å²) < 4.78 is 7.65. The van der Waals surface area contributed by atoms with E-state index >= 15 is 0 Å². The Morgan fingerprint density at radius 3 is 2.33 bits per heavy atom. The van der Waals surface area contributed by atoms with Crippen LogP contribution in [0.3, 0.4) is 0 Å². The summed E-state index contributed by atoms with van der Waals surface area (Å²) in [5.74, 6) is 0.835. The molecule has 0 N–H and O–H groups in total. The highest BCUT2D eigenvalue weighted by Gasteiger charge is 2.18. The molecule has 0 aliphatic heterocycles. The van der Waals surface area contributed by atoms with Gasteiger partial charge in [0.15, 0.2) is 11.2 Å². The molecule has 0 aliphatic rings. The number of fused-ring (bicyclic) bond motifs is 1. The highest BCUT2D eigenvalue weighted by molar-refractivity contribution is 7.15. The van der Waals surface area contributed by atoms with Gasteiger partial charge in [-0.05, 0) is 50.6 Å². The molecule has 0 aliphatic carbocycles. The number of aldehydes is 1. The Labute approximate surface area is 162 Å². The van der Waals surface area contributed by atoms with Crippen LogP contribution in [0.15, 0.2) is 53.9 Å². The number of carbonyl (C=O) groups is 1. The number of rotatable bonds is 5. The largest absolute Gasteiger partial charge is 0.491 e. The first-order valence-electron chi connectivity index (χ1n) is 8.86. The van der Waals surface area contributed by atoms with Crippen LogP contribution in [0.5, 0.6) is 5.75 Å². The summed E-state index contributed by atoms with van der Waals surface area (Å²) in [6.07, 6.45) is 1.03. The van der Waals surface area contributed by atoms with Crippen LogP contribution in [0.2, 0.25) is 0 Å². The average molecular weight is 376 g/mol. The lowest BCUT2D eigenvalue weighted by molar-refractivity contribution is 0.111. The van der Waals surface area contributed by atoms with Crippen LogP contribution in [0.25, 0.3) is 27.5 Å². The lowest BCUT2D eigenvalue weighted by atomic mass is 10.1. The second-order valence-electron chi connectivity index (χ2n) is 6.76. The van der Waals surface area contributed by atoms with Crippen LogP contribution >= 0.6 is 11.3 Å². The number of ether oxygens (including phenoxy) is 1. The molecule has 0 bridgehead atoms. The molecule has 2 aromatic carbocycles. The average Bonchev–Trinajstić information content (AvgIpc) is 3.21. The zero-order valence-electron chi connectivity index (χ0n) is 15.5. The molecule has 4 aromatic rings. The highest BCUT2D eigenvalue weighted by atomic mass is 32.1. The Kier molecular flexibility index (Phi) is 4.54. The van der Waals surface area contributed by atoms with Gasteiger partial charge < -0.3 is 4.74 Å². The molecular weight excluding hydrogens is 356 g/mol. The summed E-state index contributed by atoms with van der Waals surface area (Å²) >= 11 is 1.53. The van der Waals surface area contributed by atoms with Crippen molar-refractivity contribution in [1.82, 2.24) is 9.38 Å². The van der Waals surface area contributed by atoms with E-state index in [0.29, 0.717) is 5.69 Å². The van der Waals surface area contributed by atoms with Gasteiger partial charge in [0.2, 0.25) is 0 Å². The molecule has 2 aromatic heterocycles. The highest BCUT2D eigenvalue weighted by Crippen LogP contribution is 2.33. The van der Waals surface area contributed by atoms with Gasteiger partial charge in [0.25, 0.3) is 0 Å². The molecule has 0 saturated carbocycles. The molecule has 0 unspecified atom stereocenters. The van der Waals surface area contributed by atoms with Crippen molar-refractivity contribution < 1.29 is 9.53 Å². The van der Waals surface area contributed by atoms with Gasteiger partial charge in [-0.25, -0.2) is 4.98 Å². The third-order valence-electron chi connectivity index (χ3n) is 4.36. The molecule has 4 nitrogen and oxygen atoms in total. The van der Waals surface area contributed by atoms with Crippen molar-refractivity contribution in [3.8, 4) is 28.3 Å². The molecule has 5 heteroatoms. The molecule has 4 rings (SSSR count). The number of imidazole rings is 1. The molecule has 0 atom stereocenters. The SMILES string of the molecule is Cc1ccc(-c2nc3scc(-c4ccc(OC(C)C)cc4)n3c2C=O)cc1. The van der Waals surface area contributed by atoms with Gasteiger partial charge in [-0.3, -0.25) is 9.20 Å². The minimum absolute atomic E-state index is 0.135. The maximum absolute atomic E-state index is 11.9. The third-order valence-corrected chi connectivity index (χ3v) is 5.18. The van der Waals surface area contributed by atoms with Crippen molar-refractivity contribution >= 4 is 22.6 Å². The fraction of sp³-hybridized carbons (Fsp3) is 0.182. The molecule has 0 saturated heterocycles. The topological polar surface area (TPSA) is 43.6 Å². The summed E-state index contributed by atoms with van der Waals surface area (Å²) in [4.78, 5) is 17.4. The summed E-state index contributed by atoms with van der Waals surface area (Å²) in [5.41, 5.74) is 5.40. The standard InChI is InChI=1S/C22H20N2O2S/c1-14(2)26-18-10-8-16(9-11-18)20-13-27-22-23-21(19(12-25)24(20)22)17-6-4-15(3)5-7-17/h4-14H,1-3H3. The van der Waals surface area contributed by atoms with Crippen LogP contribution < -0.4 is 4.74 Å². The summed E-state index contributed by atoms with van der Waals surface area (Å²) in [6, 6.07) is 16.0. The van der Waals surface area contributed by atoms with E-state index in [-0.39, 0.29) is 6.10 Å². The predicted octanol–water partition coefficient (Wildman–Crippen LogP) is 5.64. The van der Waals surface area contributed by atoms with Crippen molar-refractivity contribution in [2.75, 3.05) is 0 Å². The number of thiazole rings is 1. The van der Waals surface area contributed by atoms with Crippen LogP contribution in [0, 0.1) is 6.92 Å². The maximum Gasteiger partial charge on any atom is 0.195 e. The second kappa shape index (κ2) is 7.00. The van der Waals surface area contributed by atoms with E-state index in [4.69, 9.17) is 9.72 Å². The van der Waals surface area contributed by atoms with E-state index < -0.39 is 0 Å². The number of aryl methyl sites for hydroxylation is 1. The first kappa shape index (κ1) is 17.5. The smallest absolute Gasteiger partial charge is 0.195 e. The number of aromatic nitrogens is 2. The minimum Gasteiger partial charge on any atom is -0.491 e. The Balaban J connectivity index is 1.81. The van der Waals surface area contributed by atoms with Crippen molar-refractivity contribution in [3.63, 3.8) is 0 Å². The Morgan fingerprint density at radius 1 is 1.04 bits per heavy atom. The van der Waals surface area contributed by atoms with Crippen LogP contribution in [0.4, 0.5) is 0 Å². The van der Waals surface area contributed by atoms with Gasteiger partial charge in [0.05, 0.1) is 11.8 Å². The Morgan fingerprint density at radius 2 is 1.70 bits per heavy atom. The van der Waals surface area contributed by atoms with E-state index in [9.17, 15) is 4.79 Å². The predicted molar refractivity (Wildman–Crippen MR) is 110 cm³/mol. The first-order chi connectivity index (χ1) is 13.1. The van der Waals surface area contributed by atoms with E-state index in [1.54, 1.807) is 0 Å². The number of nitrogens with zero attached hydrogens (tertiary/aromatic N) is 2. The van der Waals surface area contributed by atoms with Crippen molar-refractivity contribution in [2.24, 2.45) is 0 Å². The summed E-state index contributed by atoms with van der Waals surface area (Å²) in [5, 5.41) is 2.03. The molecule has 0 amide bonds. The molecule has 0 radical (unpaired) electrons. The van der Waals surface area contributed by atoms with E-state index in [2.05, 4.69) is 0 Å². The van der Waals surface area contributed by atoms with Crippen LogP contribution in [-0.2, 0) is 0 Å². The molecule has 136 valence electrons. The van der Waals surface area contributed by atoms with Gasteiger partial charge in [-0.1, -0.05) is 29.8 Å². The lowest BCUT2D eigenvalue weighted by Gasteiger charge is -2.10. The fourth-order valence-corrected chi connectivity index (χ4v) is 4.00. The quantitative estimate of drug-likeness (QED) is 0.424. The molecule has 0 fully saturated rings. The van der Waals surface area contributed by atoms with Crippen LogP contribution in [0.1, 0.15) is 29.9 Å². The normalized spacial score (nSPS) is 11.3. The Bertz CT molecular complexity index is 1090. The minimum atomic E-state index is 0.135.